The zero-order chi connectivity index (χ0) is 4.83. The molecule has 0 rings (SSSR count). The normalized spacial score (nSPS) is 9.00. The first kappa shape index (κ1) is 5.96. The highest BCUT2D eigenvalue weighted by Gasteiger charge is 1.77. The van der Waals surface area contributed by atoms with E-state index in [1.807, 2.05) is 0 Å². The monoisotopic (exact) mass is 89.1 g/mol. The topological polar surface area (TPSA) is 19.9 Å². The van der Waals surface area contributed by atoms with Crippen molar-refractivity contribution >= 4 is 0 Å². The summed E-state index contributed by atoms with van der Waals surface area (Å²) in [6.45, 7) is 2.20. The second kappa shape index (κ2) is 4.96. The SMILES string of the molecule is CCCC[14CH2][O]. The van der Waals surface area contributed by atoms with Gasteiger partial charge in [-0.2, -0.15) is 0 Å². The summed E-state index contributed by atoms with van der Waals surface area (Å²) in [7, 11) is 0. The highest BCUT2D eigenvalue weighted by atomic mass is 16.5. The van der Waals surface area contributed by atoms with Gasteiger partial charge in [0.05, 0.1) is 6.61 Å². The van der Waals surface area contributed by atoms with Gasteiger partial charge in [-0.15, -0.1) is 0 Å². The van der Waals surface area contributed by atoms with E-state index in [0.29, 0.717) is 0 Å². The van der Waals surface area contributed by atoms with Gasteiger partial charge in [-0.3, -0.25) is 0 Å². The second-order valence-corrected chi connectivity index (χ2v) is 1.41. The molecule has 0 fully saturated rings. The van der Waals surface area contributed by atoms with Crippen LogP contribution in [0.4, 0.5) is 0 Å². The molecule has 0 spiro atoms. The average molecular weight is 89.1 g/mol. The van der Waals surface area contributed by atoms with Crippen molar-refractivity contribution in [2.75, 3.05) is 6.61 Å². The lowest BCUT2D eigenvalue weighted by Gasteiger charge is -1.84. The van der Waals surface area contributed by atoms with Gasteiger partial charge in [0.15, 0.2) is 0 Å². The Hall–Kier alpha value is -0.0400. The highest BCUT2D eigenvalue weighted by molar-refractivity contribution is 4.30. The number of hydrogen-bond donors (Lipinski definition) is 0. The van der Waals surface area contributed by atoms with E-state index in [2.05, 4.69) is 6.92 Å². The zero-order valence-corrected chi connectivity index (χ0v) is 4.24. The van der Waals surface area contributed by atoms with Crippen LogP contribution in [-0.2, 0) is 5.11 Å². The molecule has 0 aromatic heterocycles. The Labute approximate surface area is 39.0 Å². The van der Waals surface area contributed by atoms with E-state index >= 15 is 0 Å². The fourth-order valence-electron chi connectivity index (χ4n) is 0.352. The van der Waals surface area contributed by atoms with Crippen LogP contribution in [0.3, 0.4) is 0 Å². The van der Waals surface area contributed by atoms with E-state index in [0.717, 1.165) is 19.3 Å². The van der Waals surface area contributed by atoms with Crippen molar-refractivity contribution in [3.8, 4) is 0 Å². The first-order chi connectivity index (χ1) is 2.91. The third kappa shape index (κ3) is 3.96. The minimum Gasteiger partial charge on any atom is -0.237 e. The molecule has 0 N–H and O–H groups in total. The van der Waals surface area contributed by atoms with E-state index in [1.54, 1.807) is 0 Å². The van der Waals surface area contributed by atoms with Crippen LogP contribution < -0.4 is 0 Å². The van der Waals surface area contributed by atoms with Crippen LogP contribution >= 0.6 is 0 Å². The Morgan fingerprint density at radius 2 is 2.33 bits per heavy atom. The molecule has 0 amide bonds. The molecule has 1 radical (unpaired) electrons. The molecule has 0 saturated heterocycles. The largest absolute Gasteiger partial charge is 0.237 e. The smallest absolute Gasteiger partial charge is 0.0822 e. The van der Waals surface area contributed by atoms with Crippen molar-refractivity contribution < 1.29 is 5.11 Å². The van der Waals surface area contributed by atoms with Crippen LogP contribution in [0, 0.1) is 0 Å². The van der Waals surface area contributed by atoms with Crippen molar-refractivity contribution in [1.82, 2.24) is 0 Å². The lowest BCUT2D eigenvalue weighted by atomic mass is 10.3. The Kier molecular flexibility index (Phi) is 4.93. The van der Waals surface area contributed by atoms with E-state index in [4.69, 9.17) is 0 Å². The van der Waals surface area contributed by atoms with Gasteiger partial charge in [0.2, 0.25) is 0 Å². The van der Waals surface area contributed by atoms with Crippen LogP contribution in [0.1, 0.15) is 26.2 Å². The summed E-state index contributed by atoms with van der Waals surface area (Å²) in [5, 5.41) is 9.69. The fraction of sp³-hybridized carbons (Fsp3) is 1.00. The van der Waals surface area contributed by atoms with Gasteiger partial charge in [-0.1, -0.05) is 19.8 Å². The maximum absolute atomic E-state index is 9.69. The molecule has 0 heterocycles. The minimum atomic E-state index is 0.105. The molecular formula is C5H11O. The van der Waals surface area contributed by atoms with Crippen LogP contribution in [0.25, 0.3) is 0 Å². The molecule has 0 unspecified atom stereocenters. The summed E-state index contributed by atoms with van der Waals surface area (Å²) in [6.07, 6.45) is 3.11. The number of rotatable bonds is 3. The van der Waals surface area contributed by atoms with Crippen LogP contribution in [0.15, 0.2) is 0 Å². The first-order valence-corrected chi connectivity index (χ1v) is 2.50. The Morgan fingerprint density at radius 1 is 1.67 bits per heavy atom. The van der Waals surface area contributed by atoms with Gasteiger partial charge >= 0.3 is 0 Å². The van der Waals surface area contributed by atoms with Crippen molar-refractivity contribution in [2.24, 2.45) is 0 Å². The van der Waals surface area contributed by atoms with Gasteiger partial charge in [0.1, 0.15) is 0 Å². The standard InChI is InChI=1S/C5H11O/c1-2-3-4-5-6/h2-5H2,1H3/i5+2. The van der Waals surface area contributed by atoms with E-state index < -0.39 is 0 Å². The molecule has 37 valence electrons. The Balaban J connectivity index is 2.34. The molecule has 0 aliphatic rings. The van der Waals surface area contributed by atoms with Crippen LogP contribution in [0.5, 0.6) is 0 Å². The lowest BCUT2D eigenvalue weighted by Crippen LogP contribution is -1.76. The highest BCUT2D eigenvalue weighted by Crippen LogP contribution is 1.89. The summed E-state index contributed by atoms with van der Waals surface area (Å²) >= 11 is 0. The van der Waals surface area contributed by atoms with Crippen molar-refractivity contribution in [3.05, 3.63) is 0 Å². The molecule has 0 aromatic carbocycles. The maximum Gasteiger partial charge on any atom is 0.0822 e. The third-order valence-electron chi connectivity index (χ3n) is 0.748. The van der Waals surface area contributed by atoms with Crippen molar-refractivity contribution in [2.45, 2.75) is 26.2 Å². The van der Waals surface area contributed by atoms with Gasteiger partial charge in [-0.25, -0.2) is 5.11 Å². The predicted octanol–water partition coefficient (Wildman–Crippen LogP) is 1.61. The zero-order valence-electron chi connectivity index (χ0n) is 4.24. The Bertz CT molecular complexity index is 15.9. The molecule has 0 bridgehead atoms. The first-order valence-electron chi connectivity index (χ1n) is 2.50. The molecule has 0 saturated carbocycles. The number of unbranched alkanes of at least 4 members (excludes halogenated alkanes) is 2. The van der Waals surface area contributed by atoms with Crippen molar-refractivity contribution in [1.29, 1.82) is 0 Å². The molecular weight excluding hydrogens is 78.0 g/mol. The van der Waals surface area contributed by atoms with E-state index in [-0.39, 0.29) is 6.61 Å². The van der Waals surface area contributed by atoms with E-state index in [9.17, 15) is 5.11 Å². The van der Waals surface area contributed by atoms with Gasteiger partial charge in [0, 0.05) is 0 Å². The molecule has 1 heteroatoms. The predicted molar refractivity (Wildman–Crippen MR) is 25.1 cm³/mol. The quantitative estimate of drug-likeness (QED) is 0.468. The molecule has 0 aliphatic carbocycles. The number of hydrogen-bond acceptors (Lipinski definition) is 0. The van der Waals surface area contributed by atoms with Gasteiger partial charge in [-0.05, 0) is 6.42 Å². The molecule has 6 heavy (non-hydrogen) atoms. The molecule has 0 aliphatic heterocycles. The minimum absolute atomic E-state index is 0.105. The van der Waals surface area contributed by atoms with Crippen LogP contribution in [-0.4, -0.2) is 6.61 Å². The summed E-state index contributed by atoms with van der Waals surface area (Å²) in [4.78, 5) is 0. The van der Waals surface area contributed by atoms with Crippen LogP contribution in [0.2, 0.25) is 0 Å². The van der Waals surface area contributed by atoms with E-state index in [1.165, 1.54) is 0 Å². The summed E-state index contributed by atoms with van der Waals surface area (Å²) in [6, 6.07) is 0. The molecule has 1 nitrogen and oxygen atoms in total. The molecule has 0 aromatic rings. The maximum atomic E-state index is 9.69. The fourth-order valence-corrected chi connectivity index (χ4v) is 0.352. The van der Waals surface area contributed by atoms with Gasteiger partial charge < -0.3 is 0 Å². The third-order valence-corrected chi connectivity index (χ3v) is 0.748. The second-order valence-electron chi connectivity index (χ2n) is 1.41. The summed E-state index contributed by atoms with van der Waals surface area (Å²) in [5.41, 5.74) is 0. The summed E-state index contributed by atoms with van der Waals surface area (Å²) < 4.78 is 0. The summed E-state index contributed by atoms with van der Waals surface area (Å²) in [5.74, 6) is 0. The average Bonchev–Trinajstić information content (AvgIpc) is 1.61. The van der Waals surface area contributed by atoms with Crippen molar-refractivity contribution in [3.63, 3.8) is 0 Å². The molecule has 0 atom stereocenters. The lowest BCUT2D eigenvalue weighted by molar-refractivity contribution is 0.186. The van der Waals surface area contributed by atoms with Gasteiger partial charge in [0.25, 0.3) is 0 Å². The Morgan fingerprint density at radius 3 is 2.50 bits per heavy atom.